The highest BCUT2D eigenvalue weighted by atomic mass is 32.2. The summed E-state index contributed by atoms with van der Waals surface area (Å²) in [5.41, 5.74) is 1.21. The molecule has 0 aromatic carbocycles. The van der Waals surface area contributed by atoms with Crippen LogP contribution in [-0.2, 0) is 0 Å². The molecule has 15 heavy (non-hydrogen) atoms. The van der Waals surface area contributed by atoms with Gasteiger partial charge in [-0.3, -0.25) is 0 Å². The summed E-state index contributed by atoms with van der Waals surface area (Å²) in [6.45, 7) is 3.92. The van der Waals surface area contributed by atoms with E-state index in [1.807, 2.05) is 13.0 Å². The standard InChI is InChI=1S/C10H14N4S/c1-7-4-9(5-11)14-10(12-7)13-8(2)6-15-3/h4,8H,6H2,1-3H3,(H,12,13,14). The smallest absolute Gasteiger partial charge is 0.224 e. The zero-order valence-electron chi connectivity index (χ0n) is 9.11. The molecule has 0 aliphatic rings. The number of anilines is 1. The first-order chi connectivity index (χ1) is 7.15. The van der Waals surface area contributed by atoms with Crippen LogP contribution in [0, 0.1) is 18.3 Å². The summed E-state index contributed by atoms with van der Waals surface area (Å²) in [6.07, 6.45) is 2.05. The first kappa shape index (κ1) is 11.8. The molecule has 0 aliphatic heterocycles. The number of nitrogens with zero attached hydrogens (tertiary/aromatic N) is 3. The first-order valence-electron chi connectivity index (χ1n) is 4.67. The molecule has 1 heterocycles. The van der Waals surface area contributed by atoms with Gasteiger partial charge in [0, 0.05) is 17.5 Å². The summed E-state index contributed by atoms with van der Waals surface area (Å²) in [4.78, 5) is 8.30. The molecule has 0 fully saturated rings. The highest BCUT2D eigenvalue weighted by Crippen LogP contribution is 2.07. The Morgan fingerprint density at radius 2 is 2.33 bits per heavy atom. The van der Waals surface area contributed by atoms with Crippen molar-refractivity contribution in [1.82, 2.24) is 9.97 Å². The lowest BCUT2D eigenvalue weighted by atomic mass is 10.3. The van der Waals surface area contributed by atoms with Gasteiger partial charge in [-0.1, -0.05) is 0 Å². The third-order valence-electron chi connectivity index (χ3n) is 1.76. The van der Waals surface area contributed by atoms with Gasteiger partial charge in [-0.15, -0.1) is 0 Å². The molecule has 0 amide bonds. The van der Waals surface area contributed by atoms with Crippen molar-refractivity contribution in [1.29, 1.82) is 5.26 Å². The van der Waals surface area contributed by atoms with E-state index in [0.29, 0.717) is 17.7 Å². The van der Waals surface area contributed by atoms with Crippen LogP contribution in [0.4, 0.5) is 5.95 Å². The van der Waals surface area contributed by atoms with Gasteiger partial charge in [-0.25, -0.2) is 9.97 Å². The van der Waals surface area contributed by atoms with Crippen molar-refractivity contribution < 1.29 is 0 Å². The van der Waals surface area contributed by atoms with Gasteiger partial charge in [0.15, 0.2) is 0 Å². The third kappa shape index (κ3) is 3.76. The number of thioether (sulfide) groups is 1. The molecular weight excluding hydrogens is 208 g/mol. The first-order valence-corrected chi connectivity index (χ1v) is 6.06. The number of aromatic nitrogens is 2. The molecule has 0 saturated heterocycles. The van der Waals surface area contributed by atoms with Crippen LogP contribution in [0.15, 0.2) is 6.07 Å². The minimum absolute atomic E-state index is 0.299. The van der Waals surface area contributed by atoms with Crippen molar-refractivity contribution in [2.24, 2.45) is 0 Å². The average Bonchev–Trinajstić information content (AvgIpc) is 2.17. The lowest BCUT2D eigenvalue weighted by molar-refractivity contribution is 0.881. The minimum atomic E-state index is 0.299. The van der Waals surface area contributed by atoms with Crippen LogP contribution in [0.2, 0.25) is 0 Å². The van der Waals surface area contributed by atoms with Gasteiger partial charge < -0.3 is 5.32 Å². The van der Waals surface area contributed by atoms with Crippen LogP contribution in [0.3, 0.4) is 0 Å². The molecule has 4 nitrogen and oxygen atoms in total. The Morgan fingerprint density at radius 1 is 1.60 bits per heavy atom. The lowest BCUT2D eigenvalue weighted by Gasteiger charge is -2.12. The summed E-state index contributed by atoms with van der Waals surface area (Å²) in [6, 6.07) is 3.99. The fourth-order valence-electron chi connectivity index (χ4n) is 1.20. The molecule has 1 aromatic heterocycles. The number of hydrogen-bond donors (Lipinski definition) is 1. The Hall–Kier alpha value is -1.28. The van der Waals surface area contributed by atoms with Gasteiger partial charge >= 0.3 is 0 Å². The zero-order chi connectivity index (χ0) is 11.3. The monoisotopic (exact) mass is 222 g/mol. The average molecular weight is 222 g/mol. The van der Waals surface area contributed by atoms with Crippen LogP contribution in [0.5, 0.6) is 0 Å². The SMILES string of the molecule is CSCC(C)Nc1nc(C)cc(C#N)n1. The number of nitriles is 1. The maximum Gasteiger partial charge on any atom is 0.224 e. The predicted molar refractivity (Wildman–Crippen MR) is 63.0 cm³/mol. The largest absolute Gasteiger partial charge is 0.351 e. The predicted octanol–water partition coefficient (Wildman–Crippen LogP) is 1.82. The molecule has 0 radical (unpaired) electrons. The topological polar surface area (TPSA) is 61.6 Å². The van der Waals surface area contributed by atoms with E-state index in [1.165, 1.54) is 0 Å². The fourth-order valence-corrected chi connectivity index (χ4v) is 1.79. The molecule has 1 unspecified atom stereocenters. The molecular formula is C10H14N4S. The molecule has 1 N–H and O–H groups in total. The van der Waals surface area contributed by atoms with Gasteiger partial charge in [-0.05, 0) is 26.2 Å². The van der Waals surface area contributed by atoms with Gasteiger partial charge in [0.1, 0.15) is 11.8 Å². The zero-order valence-corrected chi connectivity index (χ0v) is 9.93. The summed E-state index contributed by atoms with van der Waals surface area (Å²) >= 11 is 1.76. The minimum Gasteiger partial charge on any atom is -0.351 e. The van der Waals surface area contributed by atoms with E-state index in [-0.39, 0.29) is 0 Å². The molecule has 1 rings (SSSR count). The van der Waals surface area contributed by atoms with Crippen molar-refractivity contribution in [2.45, 2.75) is 19.9 Å². The van der Waals surface area contributed by atoms with Crippen molar-refractivity contribution in [3.05, 3.63) is 17.5 Å². The highest BCUT2D eigenvalue weighted by molar-refractivity contribution is 7.98. The van der Waals surface area contributed by atoms with E-state index in [0.717, 1.165) is 11.4 Å². The van der Waals surface area contributed by atoms with E-state index < -0.39 is 0 Å². The maximum absolute atomic E-state index is 8.75. The molecule has 1 atom stereocenters. The van der Waals surface area contributed by atoms with Crippen molar-refractivity contribution in [2.75, 3.05) is 17.3 Å². The highest BCUT2D eigenvalue weighted by Gasteiger charge is 2.05. The normalized spacial score (nSPS) is 11.9. The van der Waals surface area contributed by atoms with Crippen LogP contribution in [-0.4, -0.2) is 28.0 Å². The summed E-state index contributed by atoms with van der Waals surface area (Å²) in [5.74, 6) is 1.52. The van der Waals surface area contributed by atoms with Gasteiger partial charge in [0.25, 0.3) is 0 Å². The Morgan fingerprint density at radius 3 is 2.93 bits per heavy atom. The Kier molecular flexibility index (Phi) is 4.37. The number of aryl methyl sites for hydroxylation is 1. The Bertz CT molecular complexity index is 372. The van der Waals surface area contributed by atoms with Crippen molar-refractivity contribution in [3.63, 3.8) is 0 Å². The summed E-state index contributed by atoms with van der Waals surface area (Å²) in [7, 11) is 0. The molecule has 1 aromatic rings. The summed E-state index contributed by atoms with van der Waals surface area (Å²) < 4.78 is 0. The van der Waals surface area contributed by atoms with Crippen molar-refractivity contribution >= 4 is 17.7 Å². The molecule has 0 bridgehead atoms. The van der Waals surface area contributed by atoms with Crippen LogP contribution >= 0.6 is 11.8 Å². The Labute approximate surface area is 94.1 Å². The number of rotatable bonds is 4. The van der Waals surface area contributed by atoms with Crippen LogP contribution in [0.1, 0.15) is 18.3 Å². The second kappa shape index (κ2) is 5.56. The second-order valence-electron chi connectivity index (χ2n) is 3.33. The van der Waals surface area contributed by atoms with Crippen molar-refractivity contribution in [3.8, 4) is 6.07 Å². The van der Waals surface area contributed by atoms with E-state index in [2.05, 4.69) is 28.5 Å². The maximum atomic E-state index is 8.75. The lowest BCUT2D eigenvalue weighted by Crippen LogP contribution is -2.19. The molecule has 0 saturated carbocycles. The quantitative estimate of drug-likeness (QED) is 0.842. The van der Waals surface area contributed by atoms with Gasteiger partial charge in [-0.2, -0.15) is 17.0 Å². The van der Waals surface area contributed by atoms with Gasteiger partial charge in [0.05, 0.1) is 0 Å². The van der Waals surface area contributed by atoms with Gasteiger partial charge in [0.2, 0.25) is 5.95 Å². The summed E-state index contributed by atoms with van der Waals surface area (Å²) in [5, 5.41) is 11.9. The number of hydrogen-bond acceptors (Lipinski definition) is 5. The molecule has 5 heteroatoms. The Balaban J connectivity index is 2.77. The fraction of sp³-hybridized carbons (Fsp3) is 0.500. The number of nitrogens with one attached hydrogen (secondary N) is 1. The van der Waals surface area contributed by atoms with E-state index in [9.17, 15) is 0 Å². The third-order valence-corrected chi connectivity index (χ3v) is 2.59. The van der Waals surface area contributed by atoms with Crippen LogP contribution < -0.4 is 5.32 Å². The second-order valence-corrected chi connectivity index (χ2v) is 4.24. The van der Waals surface area contributed by atoms with Crippen LogP contribution in [0.25, 0.3) is 0 Å². The van der Waals surface area contributed by atoms with E-state index in [4.69, 9.17) is 5.26 Å². The van der Waals surface area contributed by atoms with E-state index >= 15 is 0 Å². The molecule has 80 valence electrons. The molecule has 0 spiro atoms. The molecule has 0 aliphatic carbocycles. The van der Waals surface area contributed by atoms with E-state index in [1.54, 1.807) is 17.8 Å².